The first kappa shape index (κ1) is 16.5. The van der Waals surface area contributed by atoms with Crippen LogP contribution in [0.25, 0.3) is 0 Å². The Morgan fingerprint density at radius 3 is 2.52 bits per heavy atom. The fourth-order valence-electron chi connectivity index (χ4n) is 1.79. The summed E-state index contributed by atoms with van der Waals surface area (Å²) in [5, 5.41) is 11.4. The maximum absolute atomic E-state index is 12.1. The third-order valence-corrected chi connectivity index (χ3v) is 2.74. The van der Waals surface area contributed by atoms with Crippen LogP contribution in [-0.4, -0.2) is 40.5 Å². The summed E-state index contributed by atoms with van der Waals surface area (Å²) < 4.78 is 0. The number of aliphatic carboxylic acids is 1. The van der Waals surface area contributed by atoms with E-state index in [9.17, 15) is 14.4 Å². The second-order valence-corrected chi connectivity index (χ2v) is 4.89. The number of anilines is 1. The zero-order chi connectivity index (χ0) is 16.0. The van der Waals surface area contributed by atoms with Crippen molar-refractivity contribution in [2.45, 2.75) is 26.3 Å². The molecule has 21 heavy (non-hydrogen) atoms. The van der Waals surface area contributed by atoms with Crippen LogP contribution < -0.4 is 11.1 Å². The average molecular weight is 293 g/mol. The maximum Gasteiger partial charge on any atom is 0.322 e. The minimum absolute atomic E-state index is 0.126. The van der Waals surface area contributed by atoms with E-state index in [4.69, 9.17) is 10.8 Å². The molecule has 7 nitrogen and oxygen atoms in total. The maximum atomic E-state index is 12.1. The Labute approximate surface area is 122 Å². The van der Waals surface area contributed by atoms with Crippen molar-refractivity contribution in [2.24, 2.45) is 5.73 Å². The van der Waals surface area contributed by atoms with Crippen molar-refractivity contribution < 1.29 is 19.5 Å². The molecule has 1 rings (SSSR count). The van der Waals surface area contributed by atoms with E-state index in [1.54, 1.807) is 38.1 Å². The highest BCUT2D eigenvalue weighted by molar-refractivity contribution is 5.92. The van der Waals surface area contributed by atoms with E-state index in [0.29, 0.717) is 11.3 Å². The molecule has 0 fully saturated rings. The van der Waals surface area contributed by atoms with Crippen molar-refractivity contribution in [1.82, 2.24) is 4.90 Å². The number of carbonyl (C=O) groups excluding carboxylic acids is 2. The predicted octanol–water partition coefficient (Wildman–Crippen LogP) is 1.04. The van der Waals surface area contributed by atoms with Gasteiger partial charge in [0.05, 0.1) is 6.42 Å². The third-order valence-electron chi connectivity index (χ3n) is 2.74. The predicted molar refractivity (Wildman–Crippen MR) is 77.8 cm³/mol. The summed E-state index contributed by atoms with van der Waals surface area (Å²) in [5.41, 5.74) is 6.16. The number of urea groups is 1. The Balaban J connectivity index is 2.81. The molecule has 0 aromatic heterocycles. The fourth-order valence-corrected chi connectivity index (χ4v) is 1.79. The number of carbonyl (C=O) groups is 3. The first-order valence-electron chi connectivity index (χ1n) is 6.46. The molecular weight excluding hydrogens is 274 g/mol. The molecule has 1 aromatic rings. The third kappa shape index (κ3) is 5.52. The molecule has 114 valence electrons. The van der Waals surface area contributed by atoms with Crippen LogP contribution in [0.1, 0.15) is 19.4 Å². The number of nitrogens with one attached hydrogen (secondary N) is 1. The zero-order valence-electron chi connectivity index (χ0n) is 12.0. The molecule has 0 radical (unpaired) electrons. The molecule has 0 aliphatic carbocycles. The molecule has 0 aliphatic heterocycles. The van der Waals surface area contributed by atoms with Gasteiger partial charge in [-0.3, -0.25) is 9.59 Å². The van der Waals surface area contributed by atoms with Crippen LogP contribution in [0, 0.1) is 0 Å². The van der Waals surface area contributed by atoms with Gasteiger partial charge in [-0.15, -0.1) is 0 Å². The van der Waals surface area contributed by atoms with Gasteiger partial charge in [0.25, 0.3) is 0 Å². The number of carboxylic acid groups (broad SMARTS) is 1. The number of benzene rings is 1. The smallest absolute Gasteiger partial charge is 0.322 e. The number of hydrogen-bond donors (Lipinski definition) is 3. The lowest BCUT2D eigenvalue weighted by atomic mass is 10.1. The van der Waals surface area contributed by atoms with Gasteiger partial charge in [0.1, 0.15) is 6.54 Å². The minimum atomic E-state index is -0.948. The molecule has 0 spiro atoms. The minimum Gasteiger partial charge on any atom is -0.481 e. The highest BCUT2D eigenvalue weighted by atomic mass is 16.4. The highest BCUT2D eigenvalue weighted by Crippen LogP contribution is 2.13. The van der Waals surface area contributed by atoms with Gasteiger partial charge in [0, 0.05) is 11.7 Å². The molecule has 0 unspecified atom stereocenters. The molecule has 3 amide bonds. The quantitative estimate of drug-likeness (QED) is 0.727. The Kier molecular flexibility index (Phi) is 5.71. The average Bonchev–Trinajstić information content (AvgIpc) is 2.34. The van der Waals surface area contributed by atoms with Crippen LogP contribution in [0.3, 0.4) is 0 Å². The van der Waals surface area contributed by atoms with Gasteiger partial charge >= 0.3 is 12.0 Å². The van der Waals surface area contributed by atoms with Gasteiger partial charge in [-0.2, -0.15) is 0 Å². The molecule has 1 aromatic carbocycles. The van der Waals surface area contributed by atoms with Gasteiger partial charge in [-0.05, 0) is 31.5 Å². The largest absolute Gasteiger partial charge is 0.481 e. The fraction of sp³-hybridized carbons (Fsp3) is 0.357. The summed E-state index contributed by atoms with van der Waals surface area (Å²) >= 11 is 0. The lowest BCUT2D eigenvalue weighted by Gasteiger charge is -2.25. The Morgan fingerprint density at radius 1 is 1.33 bits per heavy atom. The summed E-state index contributed by atoms with van der Waals surface area (Å²) in [5.74, 6) is -1.55. The molecule has 0 bridgehead atoms. The second kappa shape index (κ2) is 7.28. The molecule has 0 heterocycles. The van der Waals surface area contributed by atoms with Crippen molar-refractivity contribution in [1.29, 1.82) is 0 Å². The molecule has 0 saturated carbocycles. The molecule has 0 atom stereocenters. The highest BCUT2D eigenvalue weighted by Gasteiger charge is 2.19. The van der Waals surface area contributed by atoms with E-state index in [-0.39, 0.29) is 19.0 Å². The first-order chi connectivity index (χ1) is 9.79. The second-order valence-electron chi connectivity index (χ2n) is 4.89. The number of primary amides is 1. The van der Waals surface area contributed by atoms with Crippen LogP contribution in [0.4, 0.5) is 10.5 Å². The van der Waals surface area contributed by atoms with Crippen molar-refractivity contribution in [3.8, 4) is 0 Å². The number of carboxylic acids is 1. The topological polar surface area (TPSA) is 113 Å². The number of amides is 3. The van der Waals surface area contributed by atoms with Gasteiger partial charge in [-0.25, -0.2) is 4.79 Å². The first-order valence-corrected chi connectivity index (χ1v) is 6.46. The van der Waals surface area contributed by atoms with Gasteiger partial charge < -0.3 is 21.1 Å². The number of nitrogens with zero attached hydrogens (tertiary/aromatic N) is 1. The van der Waals surface area contributed by atoms with Crippen LogP contribution in [0.5, 0.6) is 0 Å². The van der Waals surface area contributed by atoms with Gasteiger partial charge in [0.15, 0.2) is 0 Å². The molecule has 4 N–H and O–H groups in total. The van der Waals surface area contributed by atoms with Crippen LogP contribution in [0.2, 0.25) is 0 Å². The standard InChI is InChI=1S/C14H19N3O4/c1-9(2)17(8-12(15)18)14(21)16-11-5-3-4-10(6-11)7-13(19)20/h3-6,9H,7-8H2,1-2H3,(H2,15,18)(H,16,21)(H,19,20). The Bertz CT molecular complexity index is 543. The molecule has 7 heteroatoms. The Morgan fingerprint density at radius 2 is 2.00 bits per heavy atom. The van der Waals surface area contributed by atoms with E-state index in [1.165, 1.54) is 4.90 Å². The van der Waals surface area contributed by atoms with E-state index < -0.39 is 17.9 Å². The van der Waals surface area contributed by atoms with E-state index in [2.05, 4.69) is 5.32 Å². The van der Waals surface area contributed by atoms with E-state index in [1.807, 2.05) is 0 Å². The van der Waals surface area contributed by atoms with Crippen LogP contribution >= 0.6 is 0 Å². The summed E-state index contributed by atoms with van der Waals surface area (Å²) in [6, 6.07) is 5.88. The number of hydrogen-bond acceptors (Lipinski definition) is 3. The van der Waals surface area contributed by atoms with Crippen LogP contribution in [0.15, 0.2) is 24.3 Å². The van der Waals surface area contributed by atoms with Crippen LogP contribution in [-0.2, 0) is 16.0 Å². The zero-order valence-corrected chi connectivity index (χ0v) is 12.0. The molecule has 0 aliphatic rings. The van der Waals surface area contributed by atoms with Gasteiger partial charge in [0.2, 0.25) is 5.91 Å². The van der Waals surface area contributed by atoms with E-state index >= 15 is 0 Å². The lowest BCUT2D eigenvalue weighted by Crippen LogP contribution is -2.44. The van der Waals surface area contributed by atoms with Crippen molar-refractivity contribution in [3.05, 3.63) is 29.8 Å². The van der Waals surface area contributed by atoms with Crippen molar-refractivity contribution >= 4 is 23.6 Å². The molecular formula is C14H19N3O4. The van der Waals surface area contributed by atoms with Crippen molar-refractivity contribution in [2.75, 3.05) is 11.9 Å². The summed E-state index contributed by atoms with van der Waals surface area (Å²) in [4.78, 5) is 35.1. The summed E-state index contributed by atoms with van der Waals surface area (Å²) in [7, 11) is 0. The summed E-state index contributed by atoms with van der Waals surface area (Å²) in [6.45, 7) is 3.35. The lowest BCUT2D eigenvalue weighted by molar-refractivity contribution is -0.136. The SMILES string of the molecule is CC(C)N(CC(N)=O)C(=O)Nc1cccc(CC(=O)O)c1. The normalized spacial score (nSPS) is 10.2. The monoisotopic (exact) mass is 293 g/mol. The number of rotatable bonds is 6. The Hall–Kier alpha value is -2.57. The van der Waals surface area contributed by atoms with Crippen molar-refractivity contribution in [3.63, 3.8) is 0 Å². The summed E-state index contributed by atoms with van der Waals surface area (Å²) in [6.07, 6.45) is -0.126. The molecule has 0 saturated heterocycles. The van der Waals surface area contributed by atoms with Gasteiger partial charge in [-0.1, -0.05) is 12.1 Å². The number of nitrogens with two attached hydrogens (primary N) is 1. The van der Waals surface area contributed by atoms with E-state index in [0.717, 1.165) is 0 Å².